The summed E-state index contributed by atoms with van der Waals surface area (Å²) in [5.74, 6) is -0.360. The highest BCUT2D eigenvalue weighted by Gasteiger charge is 2.28. The maximum Gasteiger partial charge on any atom is 0.408 e. The Morgan fingerprint density at radius 1 is 1.00 bits per heavy atom. The third-order valence-electron chi connectivity index (χ3n) is 5.08. The van der Waals surface area contributed by atoms with Crippen LogP contribution < -0.4 is 5.32 Å². The molecule has 0 saturated heterocycles. The van der Waals surface area contributed by atoms with Crippen LogP contribution in [0.15, 0.2) is 59.0 Å². The first-order valence-corrected chi connectivity index (χ1v) is 11.4. The number of furan rings is 1. The van der Waals surface area contributed by atoms with Crippen molar-refractivity contribution in [3.63, 3.8) is 0 Å². The van der Waals surface area contributed by atoms with Crippen LogP contribution in [0.3, 0.4) is 0 Å². The molecule has 1 N–H and O–H groups in total. The molecule has 2 aromatic carbocycles. The molecule has 0 fully saturated rings. The number of alkyl carbamates (subject to hydrolysis) is 1. The van der Waals surface area contributed by atoms with Crippen molar-refractivity contribution in [2.75, 3.05) is 7.11 Å². The Morgan fingerprint density at radius 3 is 2.43 bits per heavy atom. The Kier molecular flexibility index (Phi) is 8.52. The second-order valence-electron chi connectivity index (χ2n) is 9.16. The zero-order chi connectivity index (χ0) is 25.4. The topological polar surface area (TPSA) is 104 Å². The van der Waals surface area contributed by atoms with Crippen LogP contribution in [-0.4, -0.2) is 36.8 Å². The van der Waals surface area contributed by atoms with Gasteiger partial charge in [0.15, 0.2) is 0 Å². The van der Waals surface area contributed by atoms with E-state index in [1.807, 2.05) is 54.6 Å². The van der Waals surface area contributed by atoms with Crippen LogP contribution >= 0.6 is 0 Å². The molecule has 0 bridgehead atoms. The Bertz CT molecular complexity index is 1160. The average Bonchev–Trinajstić information content (AvgIpc) is 3.22. The number of hydrogen-bond acceptors (Lipinski definition) is 7. The molecular weight excluding hydrogens is 450 g/mol. The molecule has 35 heavy (non-hydrogen) atoms. The highest BCUT2D eigenvalue weighted by atomic mass is 16.6. The largest absolute Gasteiger partial charge is 0.469 e. The lowest BCUT2D eigenvalue weighted by molar-refractivity contribution is -0.157. The number of fused-ring (bicyclic) bond motifs is 1. The minimum absolute atomic E-state index is 0.0761. The summed E-state index contributed by atoms with van der Waals surface area (Å²) >= 11 is 0. The van der Waals surface area contributed by atoms with Gasteiger partial charge >= 0.3 is 18.0 Å². The number of carbonyl (C=O) groups is 3. The minimum atomic E-state index is -1.00. The van der Waals surface area contributed by atoms with Crippen LogP contribution in [0, 0.1) is 0 Å². The summed E-state index contributed by atoms with van der Waals surface area (Å²) in [7, 11) is 1.36. The first-order chi connectivity index (χ1) is 16.6. The van der Waals surface area contributed by atoms with Crippen molar-refractivity contribution in [2.24, 2.45) is 0 Å². The molecule has 0 aliphatic heterocycles. The summed E-state index contributed by atoms with van der Waals surface area (Å²) in [4.78, 5) is 36.7. The van der Waals surface area contributed by atoms with E-state index in [4.69, 9.17) is 18.6 Å². The van der Waals surface area contributed by atoms with Gasteiger partial charge in [-0.25, -0.2) is 9.59 Å². The Hall–Kier alpha value is -3.81. The van der Waals surface area contributed by atoms with Crippen LogP contribution in [-0.2, 0) is 43.2 Å². The maximum atomic E-state index is 12.8. The zero-order valence-electron chi connectivity index (χ0n) is 20.5. The second-order valence-corrected chi connectivity index (χ2v) is 9.16. The lowest BCUT2D eigenvalue weighted by atomic mass is 10.1. The SMILES string of the molecule is COC(=O)CCc1ccc2oc(CC(NC(=O)OCc3ccccc3)C(=O)OC(C)(C)C)cc2c1. The Balaban J connectivity index is 1.71. The van der Waals surface area contributed by atoms with E-state index >= 15 is 0 Å². The first-order valence-electron chi connectivity index (χ1n) is 11.4. The third kappa shape index (κ3) is 8.17. The van der Waals surface area contributed by atoms with Crippen LogP contribution in [0.2, 0.25) is 0 Å². The number of amides is 1. The molecule has 0 spiro atoms. The monoisotopic (exact) mass is 481 g/mol. The van der Waals surface area contributed by atoms with Crippen LogP contribution in [0.1, 0.15) is 44.1 Å². The van der Waals surface area contributed by atoms with Crippen LogP contribution in [0.5, 0.6) is 0 Å². The van der Waals surface area contributed by atoms with Gasteiger partial charge in [-0.15, -0.1) is 0 Å². The summed E-state index contributed by atoms with van der Waals surface area (Å²) in [6.45, 7) is 5.35. The van der Waals surface area contributed by atoms with E-state index in [0.29, 0.717) is 17.8 Å². The number of hydrogen-bond donors (Lipinski definition) is 1. The first kappa shape index (κ1) is 25.8. The van der Waals surface area contributed by atoms with Gasteiger partial charge in [-0.2, -0.15) is 0 Å². The van der Waals surface area contributed by atoms with Crippen molar-refractivity contribution in [1.82, 2.24) is 5.32 Å². The molecule has 1 unspecified atom stereocenters. The standard InChI is InChI=1S/C27H31NO7/c1-27(2,3)35-25(30)22(28-26(31)33-17-19-8-6-5-7-9-19)16-21-15-20-14-18(10-12-23(20)34-21)11-13-24(29)32-4/h5-10,12,14-15,22H,11,13,16-17H2,1-4H3,(H,28,31). The van der Waals surface area contributed by atoms with E-state index in [1.165, 1.54) is 7.11 Å². The van der Waals surface area contributed by atoms with Gasteiger partial charge in [0.2, 0.25) is 0 Å². The molecule has 8 nitrogen and oxygen atoms in total. The predicted molar refractivity (Wildman–Crippen MR) is 130 cm³/mol. The summed E-state index contributed by atoms with van der Waals surface area (Å²) in [5.41, 5.74) is 1.70. The maximum absolute atomic E-state index is 12.8. The molecule has 1 heterocycles. The van der Waals surface area contributed by atoms with E-state index in [2.05, 4.69) is 5.32 Å². The van der Waals surface area contributed by atoms with Crippen molar-refractivity contribution < 1.29 is 33.0 Å². The van der Waals surface area contributed by atoms with Gasteiger partial charge in [0, 0.05) is 18.2 Å². The number of nitrogens with one attached hydrogen (secondary N) is 1. The molecule has 1 aromatic heterocycles. The highest BCUT2D eigenvalue weighted by Crippen LogP contribution is 2.23. The molecule has 0 saturated carbocycles. The number of benzene rings is 2. The lowest BCUT2D eigenvalue weighted by Crippen LogP contribution is -2.45. The normalized spacial score (nSPS) is 12.1. The fourth-order valence-electron chi connectivity index (χ4n) is 3.43. The summed E-state index contributed by atoms with van der Waals surface area (Å²) in [5, 5.41) is 3.44. The molecule has 0 radical (unpaired) electrons. The van der Waals surface area contributed by atoms with Crippen molar-refractivity contribution in [3.05, 3.63) is 71.5 Å². The van der Waals surface area contributed by atoms with Gasteiger partial charge < -0.3 is 23.9 Å². The number of esters is 2. The third-order valence-corrected chi connectivity index (χ3v) is 5.08. The van der Waals surface area contributed by atoms with Gasteiger partial charge in [-0.3, -0.25) is 4.79 Å². The summed E-state index contributed by atoms with van der Waals surface area (Å²) in [6, 6.07) is 15.7. The fraction of sp³-hybridized carbons (Fsp3) is 0.370. The smallest absolute Gasteiger partial charge is 0.408 e. The van der Waals surface area contributed by atoms with Gasteiger partial charge in [-0.05, 0) is 56.5 Å². The molecule has 0 aliphatic rings. The fourth-order valence-corrected chi connectivity index (χ4v) is 3.43. The number of methoxy groups -OCH3 is 1. The quantitative estimate of drug-likeness (QED) is 0.348. The number of ether oxygens (including phenoxy) is 3. The van der Waals surface area contributed by atoms with Crippen LogP contribution in [0.25, 0.3) is 11.0 Å². The average molecular weight is 482 g/mol. The van der Waals surface area contributed by atoms with Gasteiger partial charge in [0.25, 0.3) is 0 Å². The van der Waals surface area contributed by atoms with E-state index in [-0.39, 0.29) is 25.4 Å². The van der Waals surface area contributed by atoms with Crippen molar-refractivity contribution in [1.29, 1.82) is 0 Å². The molecule has 1 amide bonds. The molecule has 186 valence electrons. The molecule has 3 rings (SSSR count). The second kappa shape index (κ2) is 11.6. The molecule has 1 atom stereocenters. The number of rotatable bonds is 9. The number of carbonyl (C=O) groups excluding carboxylic acids is 3. The highest BCUT2D eigenvalue weighted by molar-refractivity contribution is 5.83. The lowest BCUT2D eigenvalue weighted by Gasteiger charge is -2.24. The summed E-state index contributed by atoms with van der Waals surface area (Å²) < 4.78 is 21.4. The van der Waals surface area contributed by atoms with Gasteiger partial charge in [-0.1, -0.05) is 36.4 Å². The van der Waals surface area contributed by atoms with E-state index in [1.54, 1.807) is 20.8 Å². The molecule has 8 heteroatoms. The van der Waals surface area contributed by atoms with Gasteiger partial charge in [0.1, 0.15) is 29.6 Å². The van der Waals surface area contributed by atoms with Crippen molar-refractivity contribution >= 4 is 29.0 Å². The van der Waals surface area contributed by atoms with Gasteiger partial charge in [0.05, 0.1) is 7.11 Å². The van der Waals surface area contributed by atoms with E-state index in [0.717, 1.165) is 16.5 Å². The van der Waals surface area contributed by atoms with E-state index < -0.39 is 23.7 Å². The number of aryl methyl sites for hydroxylation is 1. The predicted octanol–water partition coefficient (Wildman–Crippen LogP) is 4.72. The van der Waals surface area contributed by atoms with Crippen molar-refractivity contribution in [2.45, 2.75) is 58.3 Å². The van der Waals surface area contributed by atoms with E-state index in [9.17, 15) is 14.4 Å². The molecule has 0 aliphatic carbocycles. The molecule has 3 aromatic rings. The Morgan fingerprint density at radius 2 is 1.74 bits per heavy atom. The Labute approximate surface area is 204 Å². The minimum Gasteiger partial charge on any atom is -0.469 e. The molecular formula is C27H31NO7. The zero-order valence-corrected chi connectivity index (χ0v) is 20.5. The summed E-state index contributed by atoms with van der Waals surface area (Å²) in [6.07, 6.45) is 0.175. The van der Waals surface area contributed by atoms with Crippen LogP contribution in [0.4, 0.5) is 4.79 Å². The van der Waals surface area contributed by atoms with Crippen molar-refractivity contribution in [3.8, 4) is 0 Å².